The molecule has 0 radical (unpaired) electrons. The number of hydrogen-bond donors (Lipinski definition) is 1. The van der Waals surface area contributed by atoms with Crippen molar-refractivity contribution in [2.45, 2.75) is 13.0 Å². The van der Waals surface area contributed by atoms with Crippen LogP contribution in [0.3, 0.4) is 0 Å². The third-order valence-electron chi connectivity index (χ3n) is 2.70. The first-order chi connectivity index (χ1) is 8.36. The minimum Gasteiger partial charge on any atom is -0.494 e. The molecule has 0 saturated carbocycles. The van der Waals surface area contributed by atoms with Crippen molar-refractivity contribution in [2.75, 3.05) is 13.7 Å². The van der Waals surface area contributed by atoms with E-state index in [-0.39, 0.29) is 6.04 Å². The largest absolute Gasteiger partial charge is 0.494 e. The van der Waals surface area contributed by atoms with Gasteiger partial charge < -0.3 is 10.1 Å². The Morgan fingerprint density at radius 3 is 2.76 bits per heavy atom. The molecule has 17 heavy (non-hydrogen) atoms. The highest BCUT2D eigenvalue weighted by molar-refractivity contribution is 7.08. The Morgan fingerprint density at radius 1 is 1.29 bits per heavy atom. The smallest absolute Gasteiger partial charge is 0.124 e. The van der Waals surface area contributed by atoms with Crippen LogP contribution >= 0.6 is 11.3 Å². The van der Waals surface area contributed by atoms with Gasteiger partial charge in [0.1, 0.15) is 5.75 Å². The van der Waals surface area contributed by atoms with Crippen LogP contribution in [0.1, 0.15) is 24.1 Å². The molecule has 0 fully saturated rings. The van der Waals surface area contributed by atoms with Crippen LogP contribution in [-0.4, -0.2) is 13.7 Å². The van der Waals surface area contributed by atoms with E-state index in [0.717, 1.165) is 5.75 Å². The summed E-state index contributed by atoms with van der Waals surface area (Å²) in [5, 5.41) is 7.62. The molecule has 2 nitrogen and oxygen atoms in total. The maximum absolute atomic E-state index is 5.68. The zero-order chi connectivity index (χ0) is 12.1. The van der Waals surface area contributed by atoms with Gasteiger partial charge in [0.15, 0.2) is 0 Å². The first-order valence-electron chi connectivity index (χ1n) is 5.78. The first kappa shape index (κ1) is 12.1. The van der Waals surface area contributed by atoms with Crippen molar-refractivity contribution in [3.63, 3.8) is 0 Å². The highest BCUT2D eigenvalue weighted by Gasteiger charge is 2.16. The van der Waals surface area contributed by atoms with Crippen LogP contribution in [0.2, 0.25) is 0 Å². The molecule has 0 aliphatic heterocycles. The van der Waals surface area contributed by atoms with Gasteiger partial charge in [0, 0.05) is 5.56 Å². The van der Waals surface area contributed by atoms with Gasteiger partial charge in [0.2, 0.25) is 0 Å². The Bertz CT molecular complexity index is 453. The molecule has 0 aliphatic carbocycles. The lowest BCUT2D eigenvalue weighted by Gasteiger charge is -2.19. The van der Waals surface area contributed by atoms with Gasteiger partial charge in [-0.15, -0.1) is 0 Å². The molecule has 2 aromatic rings. The summed E-state index contributed by atoms with van der Waals surface area (Å²) < 4.78 is 5.68. The number of hydrogen-bond acceptors (Lipinski definition) is 3. The molecule has 3 heteroatoms. The molecule has 1 aromatic carbocycles. The van der Waals surface area contributed by atoms with Gasteiger partial charge in [-0.05, 0) is 42.4 Å². The highest BCUT2D eigenvalue weighted by atomic mass is 32.1. The number of para-hydroxylation sites is 1. The van der Waals surface area contributed by atoms with E-state index in [1.807, 2.05) is 26.1 Å². The SMILES string of the molecule is CCOc1ccccc1C(NC)c1ccsc1. The molecule has 2 rings (SSSR count). The summed E-state index contributed by atoms with van der Waals surface area (Å²) in [5.41, 5.74) is 2.47. The fraction of sp³-hybridized carbons (Fsp3) is 0.286. The van der Waals surface area contributed by atoms with E-state index in [9.17, 15) is 0 Å². The van der Waals surface area contributed by atoms with Crippen molar-refractivity contribution >= 4 is 11.3 Å². The molecule has 0 saturated heterocycles. The molecule has 1 aromatic heterocycles. The second-order valence-corrected chi connectivity index (χ2v) is 4.53. The van der Waals surface area contributed by atoms with Crippen LogP contribution < -0.4 is 10.1 Å². The van der Waals surface area contributed by atoms with Crippen molar-refractivity contribution in [1.29, 1.82) is 0 Å². The van der Waals surface area contributed by atoms with Gasteiger partial charge in [-0.3, -0.25) is 0 Å². The van der Waals surface area contributed by atoms with Crippen molar-refractivity contribution in [3.8, 4) is 5.75 Å². The maximum atomic E-state index is 5.68. The van der Waals surface area contributed by atoms with E-state index in [0.29, 0.717) is 6.61 Å². The highest BCUT2D eigenvalue weighted by Crippen LogP contribution is 2.30. The van der Waals surface area contributed by atoms with Gasteiger partial charge in [-0.1, -0.05) is 18.2 Å². The van der Waals surface area contributed by atoms with Crippen LogP contribution in [-0.2, 0) is 0 Å². The molecule has 90 valence electrons. The molecule has 0 bridgehead atoms. The average molecular weight is 247 g/mol. The molecular formula is C14H17NOS. The van der Waals surface area contributed by atoms with Crippen LogP contribution in [0.25, 0.3) is 0 Å². The Balaban J connectivity index is 2.37. The monoisotopic (exact) mass is 247 g/mol. The Hall–Kier alpha value is -1.32. The van der Waals surface area contributed by atoms with Gasteiger partial charge in [0.05, 0.1) is 12.6 Å². The normalized spacial score (nSPS) is 12.4. The molecule has 0 amide bonds. The number of ether oxygens (including phenoxy) is 1. The summed E-state index contributed by atoms with van der Waals surface area (Å²) in [5.74, 6) is 0.959. The van der Waals surface area contributed by atoms with Crippen molar-refractivity contribution in [2.24, 2.45) is 0 Å². The molecule has 1 atom stereocenters. The quantitative estimate of drug-likeness (QED) is 0.873. The molecule has 0 spiro atoms. The molecule has 1 N–H and O–H groups in total. The van der Waals surface area contributed by atoms with Crippen LogP contribution in [0.4, 0.5) is 0 Å². The lowest BCUT2D eigenvalue weighted by Crippen LogP contribution is -2.18. The molecule has 0 aliphatic rings. The lowest BCUT2D eigenvalue weighted by molar-refractivity contribution is 0.334. The molecule has 1 heterocycles. The van der Waals surface area contributed by atoms with Gasteiger partial charge >= 0.3 is 0 Å². The van der Waals surface area contributed by atoms with Gasteiger partial charge in [-0.2, -0.15) is 11.3 Å². The Morgan fingerprint density at radius 2 is 2.12 bits per heavy atom. The summed E-state index contributed by atoms with van der Waals surface area (Å²) >= 11 is 1.72. The Labute approximate surface area is 106 Å². The third kappa shape index (κ3) is 2.68. The second kappa shape index (κ2) is 5.84. The van der Waals surface area contributed by atoms with E-state index in [4.69, 9.17) is 4.74 Å². The predicted octanol–water partition coefficient (Wildman–Crippen LogP) is 3.46. The van der Waals surface area contributed by atoms with E-state index < -0.39 is 0 Å². The molecule has 1 unspecified atom stereocenters. The van der Waals surface area contributed by atoms with Crippen molar-refractivity contribution in [3.05, 3.63) is 52.2 Å². The maximum Gasteiger partial charge on any atom is 0.124 e. The third-order valence-corrected chi connectivity index (χ3v) is 3.40. The fourth-order valence-corrected chi connectivity index (χ4v) is 2.63. The van der Waals surface area contributed by atoms with E-state index in [1.165, 1.54) is 11.1 Å². The fourth-order valence-electron chi connectivity index (χ4n) is 1.95. The first-order valence-corrected chi connectivity index (χ1v) is 6.72. The minimum atomic E-state index is 0.198. The number of nitrogens with one attached hydrogen (secondary N) is 1. The Kier molecular flexibility index (Phi) is 4.18. The average Bonchev–Trinajstić information content (AvgIpc) is 2.86. The van der Waals surface area contributed by atoms with E-state index in [1.54, 1.807) is 11.3 Å². The summed E-state index contributed by atoms with van der Waals surface area (Å²) in [6, 6.07) is 10.5. The van der Waals surface area contributed by atoms with E-state index in [2.05, 4.69) is 34.3 Å². The van der Waals surface area contributed by atoms with E-state index >= 15 is 0 Å². The van der Waals surface area contributed by atoms with Crippen LogP contribution in [0.15, 0.2) is 41.1 Å². The summed E-state index contributed by atoms with van der Waals surface area (Å²) in [4.78, 5) is 0. The van der Waals surface area contributed by atoms with Crippen molar-refractivity contribution < 1.29 is 4.74 Å². The zero-order valence-corrected chi connectivity index (χ0v) is 11.0. The number of benzene rings is 1. The summed E-state index contributed by atoms with van der Waals surface area (Å²) in [6.45, 7) is 2.70. The minimum absolute atomic E-state index is 0.198. The predicted molar refractivity (Wildman–Crippen MR) is 72.8 cm³/mol. The lowest BCUT2D eigenvalue weighted by atomic mass is 10.0. The topological polar surface area (TPSA) is 21.3 Å². The number of rotatable bonds is 5. The summed E-state index contributed by atoms with van der Waals surface area (Å²) in [6.07, 6.45) is 0. The van der Waals surface area contributed by atoms with Gasteiger partial charge in [-0.25, -0.2) is 0 Å². The molecular weight excluding hydrogens is 230 g/mol. The van der Waals surface area contributed by atoms with Crippen molar-refractivity contribution in [1.82, 2.24) is 5.32 Å². The zero-order valence-electron chi connectivity index (χ0n) is 10.1. The standard InChI is InChI=1S/C14H17NOS/c1-3-16-13-7-5-4-6-12(13)14(15-2)11-8-9-17-10-11/h4-10,14-15H,3H2,1-2H3. The second-order valence-electron chi connectivity index (χ2n) is 3.75. The van der Waals surface area contributed by atoms with Gasteiger partial charge in [0.25, 0.3) is 0 Å². The van der Waals surface area contributed by atoms with Crippen LogP contribution in [0, 0.1) is 0 Å². The summed E-state index contributed by atoms with van der Waals surface area (Å²) in [7, 11) is 1.98. The van der Waals surface area contributed by atoms with Crippen LogP contribution in [0.5, 0.6) is 5.75 Å². The number of thiophene rings is 1.